The average Bonchev–Trinajstić information content (AvgIpc) is 3.22. The van der Waals surface area contributed by atoms with Crippen molar-refractivity contribution in [3.05, 3.63) is 51.4 Å². The Balaban J connectivity index is 1.63. The van der Waals surface area contributed by atoms with E-state index in [-0.39, 0.29) is 27.8 Å². The van der Waals surface area contributed by atoms with Crippen LogP contribution in [0.15, 0.2) is 45.1 Å². The van der Waals surface area contributed by atoms with Gasteiger partial charge in [-0.15, -0.1) is 0 Å². The first-order chi connectivity index (χ1) is 16.1. The van der Waals surface area contributed by atoms with Crippen molar-refractivity contribution in [2.45, 2.75) is 49.6 Å². The van der Waals surface area contributed by atoms with Gasteiger partial charge in [0.05, 0.1) is 12.0 Å². The Bertz CT molecular complexity index is 1460. The molecule has 182 valence electrons. The molecule has 0 atom stereocenters. The zero-order valence-corrected chi connectivity index (χ0v) is 20.2. The molecular weight excluding hydrogens is 460 g/mol. The van der Waals surface area contributed by atoms with E-state index in [1.807, 2.05) is 0 Å². The Labute approximate surface area is 196 Å². The number of sulfonamides is 1. The van der Waals surface area contributed by atoms with Crippen LogP contribution in [0.3, 0.4) is 0 Å². The highest BCUT2D eigenvalue weighted by Crippen LogP contribution is 2.29. The highest BCUT2D eigenvalue weighted by atomic mass is 32.2. The number of aromatic nitrogens is 4. The number of fused-ring (bicyclic) bond motifs is 1. The Morgan fingerprint density at radius 2 is 1.82 bits per heavy atom. The van der Waals surface area contributed by atoms with Crippen molar-refractivity contribution in [3.63, 3.8) is 0 Å². The molecular formula is C22H28N6O5S. The van der Waals surface area contributed by atoms with E-state index in [9.17, 15) is 22.8 Å². The van der Waals surface area contributed by atoms with Crippen molar-refractivity contribution < 1.29 is 13.2 Å². The summed E-state index contributed by atoms with van der Waals surface area (Å²) in [6, 6.07) is 6.05. The fourth-order valence-corrected chi connectivity index (χ4v) is 6.02. The number of amides is 1. The van der Waals surface area contributed by atoms with Gasteiger partial charge in [0.25, 0.3) is 5.56 Å². The molecule has 4 rings (SSSR count). The third kappa shape index (κ3) is 4.18. The van der Waals surface area contributed by atoms with Crippen LogP contribution < -0.4 is 16.6 Å². The molecule has 0 saturated heterocycles. The zero-order chi connectivity index (χ0) is 24.6. The molecule has 1 saturated carbocycles. The van der Waals surface area contributed by atoms with Crippen LogP contribution in [0, 0.1) is 0 Å². The number of rotatable bonds is 6. The normalized spacial score (nSPS) is 15.2. The molecule has 1 amide bonds. The number of carbonyl (C=O) groups is 1. The fourth-order valence-electron chi connectivity index (χ4n) is 4.46. The lowest BCUT2D eigenvalue weighted by molar-refractivity contribution is -0.116. The molecule has 1 aromatic carbocycles. The number of hydrogen-bond acceptors (Lipinski definition) is 6. The number of aryl methyl sites for hydroxylation is 2. The van der Waals surface area contributed by atoms with Gasteiger partial charge in [-0.25, -0.2) is 22.8 Å². The predicted octanol–water partition coefficient (Wildman–Crippen LogP) is 1.03. The SMILES string of the molecule is CN(C1CCCCC1)S(=O)(=O)c1ccccc1NC(=O)Cn1c(=O)c2c(ncn2C)n(C)c1=O. The van der Waals surface area contributed by atoms with E-state index < -0.39 is 33.7 Å². The van der Waals surface area contributed by atoms with Crippen LogP contribution in [0.5, 0.6) is 0 Å². The lowest BCUT2D eigenvalue weighted by Crippen LogP contribution is -2.42. The summed E-state index contributed by atoms with van der Waals surface area (Å²) in [5.41, 5.74) is -0.833. The van der Waals surface area contributed by atoms with Crippen molar-refractivity contribution in [3.8, 4) is 0 Å². The van der Waals surface area contributed by atoms with Gasteiger partial charge in [0.1, 0.15) is 11.4 Å². The number of benzene rings is 1. The second kappa shape index (κ2) is 9.18. The Morgan fingerprint density at radius 1 is 1.15 bits per heavy atom. The topological polar surface area (TPSA) is 128 Å². The maximum absolute atomic E-state index is 13.4. The third-order valence-corrected chi connectivity index (χ3v) is 8.38. The number of nitrogens with zero attached hydrogens (tertiary/aromatic N) is 5. The number of para-hydroxylation sites is 1. The summed E-state index contributed by atoms with van der Waals surface area (Å²) >= 11 is 0. The van der Waals surface area contributed by atoms with Crippen molar-refractivity contribution in [1.82, 2.24) is 23.0 Å². The highest BCUT2D eigenvalue weighted by molar-refractivity contribution is 7.89. The van der Waals surface area contributed by atoms with Crippen LogP contribution >= 0.6 is 0 Å². The van der Waals surface area contributed by atoms with Gasteiger partial charge in [0.15, 0.2) is 11.2 Å². The molecule has 0 aliphatic heterocycles. The first-order valence-electron chi connectivity index (χ1n) is 11.1. The lowest BCUT2D eigenvalue weighted by atomic mass is 9.96. The second-order valence-electron chi connectivity index (χ2n) is 8.62. The Morgan fingerprint density at radius 3 is 2.53 bits per heavy atom. The van der Waals surface area contributed by atoms with Crippen molar-refractivity contribution in [2.24, 2.45) is 14.1 Å². The van der Waals surface area contributed by atoms with Gasteiger partial charge in [-0.05, 0) is 25.0 Å². The second-order valence-corrected chi connectivity index (χ2v) is 10.6. The van der Waals surface area contributed by atoms with E-state index in [0.29, 0.717) is 0 Å². The number of imidazole rings is 1. The van der Waals surface area contributed by atoms with Gasteiger partial charge >= 0.3 is 5.69 Å². The molecule has 2 aromatic heterocycles. The number of nitrogens with one attached hydrogen (secondary N) is 1. The first-order valence-corrected chi connectivity index (χ1v) is 12.5. The molecule has 11 nitrogen and oxygen atoms in total. The van der Waals surface area contributed by atoms with E-state index >= 15 is 0 Å². The maximum Gasteiger partial charge on any atom is 0.332 e. The molecule has 0 unspecified atom stereocenters. The molecule has 2 heterocycles. The Hall–Kier alpha value is -3.25. The molecule has 1 fully saturated rings. The van der Waals surface area contributed by atoms with E-state index in [2.05, 4.69) is 10.3 Å². The molecule has 0 bridgehead atoms. The summed E-state index contributed by atoms with van der Waals surface area (Å²) < 4.78 is 31.6. The molecule has 1 aliphatic rings. The van der Waals surface area contributed by atoms with E-state index in [1.54, 1.807) is 26.2 Å². The number of carbonyl (C=O) groups excluding carboxylic acids is 1. The summed E-state index contributed by atoms with van der Waals surface area (Å²) in [6.45, 7) is -0.570. The standard InChI is InChI=1S/C22H28N6O5S/c1-25-14-23-20-19(25)21(30)28(22(31)26(20)2)13-18(29)24-16-11-7-8-12-17(16)34(32,33)27(3)15-9-5-4-6-10-15/h7-8,11-12,14-15H,4-6,9-10,13H2,1-3H3,(H,24,29). The monoisotopic (exact) mass is 488 g/mol. The van der Waals surface area contributed by atoms with Crippen LogP contribution in [0.1, 0.15) is 32.1 Å². The summed E-state index contributed by atoms with van der Waals surface area (Å²) in [6.07, 6.45) is 6.07. The van der Waals surface area contributed by atoms with Crippen molar-refractivity contribution in [2.75, 3.05) is 12.4 Å². The molecule has 1 aliphatic carbocycles. The van der Waals surface area contributed by atoms with E-state index in [1.165, 1.54) is 38.9 Å². The van der Waals surface area contributed by atoms with Gasteiger partial charge in [0.2, 0.25) is 15.9 Å². The molecule has 0 spiro atoms. The zero-order valence-electron chi connectivity index (χ0n) is 19.4. The van der Waals surface area contributed by atoms with Gasteiger partial charge in [0, 0.05) is 27.2 Å². The summed E-state index contributed by atoms with van der Waals surface area (Å²) in [7, 11) is 0.788. The van der Waals surface area contributed by atoms with E-state index in [0.717, 1.165) is 36.7 Å². The summed E-state index contributed by atoms with van der Waals surface area (Å²) in [5.74, 6) is -0.691. The van der Waals surface area contributed by atoms with Crippen LogP contribution in [-0.4, -0.2) is 50.4 Å². The quantitative estimate of drug-likeness (QED) is 0.552. The van der Waals surface area contributed by atoms with Crippen LogP contribution in [0.2, 0.25) is 0 Å². The molecule has 3 aromatic rings. The van der Waals surface area contributed by atoms with Crippen LogP contribution in [0.4, 0.5) is 5.69 Å². The predicted molar refractivity (Wildman–Crippen MR) is 127 cm³/mol. The van der Waals surface area contributed by atoms with Gasteiger partial charge in [-0.2, -0.15) is 4.31 Å². The van der Waals surface area contributed by atoms with Crippen molar-refractivity contribution >= 4 is 32.8 Å². The lowest BCUT2D eigenvalue weighted by Gasteiger charge is -2.30. The van der Waals surface area contributed by atoms with E-state index in [4.69, 9.17) is 0 Å². The van der Waals surface area contributed by atoms with Gasteiger partial charge in [-0.1, -0.05) is 31.4 Å². The van der Waals surface area contributed by atoms with Crippen LogP contribution in [0.25, 0.3) is 11.2 Å². The molecule has 34 heavy (non-hydrogen) atoms. The largest absolute Gasteiger partial charge is 0.332 e. The van der Waals surface area contributed by atoms with Crippen molar-refractivity contribution in [1.29, 1.82) is 0 Å². The summed E-state index contributed by atoms with van der Waals surface area (Å²) in [4.78, 5) is 42.4. The highest BCUT2D eigenvalue weighted by Gasteiger charge is 2.31. The third-order valence-electron chi connectivity index (χ3n) is 6.41. The smallest absolute Gasteiger partial charge is 0.328 e. The summed E-state index contributed by atoms with van der Waals surface area (Å²) in [5, 5.41) is 2.58. The number of anilines is 1. The minimum atomic E-state index is -3.87. The molecule has 1 N–H and O–H groups in total. The Kier molecular flexibility index (Phi) is 6.45. The average molecular weight is 489 g/mol. The first kappa shape index (κ1) is 23.9. The maximum atomic E-state index is 13.4. The van der Waals surface area contributed by atoms with Gasteiger partial charge < -0.3 is 9.88 Å². The van der Waals surface area contributed by atoms with Crippen LogP contribution in [-0.2, 0) is 35.5 Å². The molecule has 12 heteroatoms. The fraction of sp³-hybridized carbons (Fsp3) is 0.455. The minimum absolute atomic E-state index is 0.0289. The van der Waals surface area contributed by atoms with Gasteiger partial charge in [-0.3, -0.25) is 14.2 Å². The number of hydrogen-bond donors (Lipinski definition) is 1. The molecule has 0 radical (unpaired) electrons. The minimum Gasteiger partial charge on any atom is -0.328 e.